The Hall–Kier alpha value is -3.90. The summed E-state index contributed by atoms with van der Waals surface area (Å²) in [6, 6.07) is 28.6. The maximum Gasteiger partial charge on any atom is 0.251 e. The van der Waals surface area contributed by atoms with Gasteiger partial charge in [-0.3, -0.25) is 9.78 Å². The maximum absolute atomic E-state index is 12.5. The number of aromatic nitrogens is 3. The summed E-state index contributed by atoms with van der Waals surface area (Å²) < 4.78 is 2.23. The third kappa shape index (κ3) is 5.83. The Morgan fingerprint density at radius 3 is 2.42 bits per heavy atom. The molecule has 6 heteroatoms. The van der Waals surface area contributed by atoms with Crippen LogP contribution in [-0.2, 0) is 18.7 Å². The van der Waals surface area contributed by atoms with Crippen LogP contribution in [0.25, 0.3) is 11.0 Å². The normalized spacial score (nSPS) is 11.0. The minimum Gasteiger partial charge on any atom is -0.352 e. The zero-order valence-electron chi connectivity index (χ0n) is 20.2. The topological polar surface area (TPSA) is 59.8 Å². The number of fused-ring (bicyclic) bond motifs is 1. The molecule has 0 fully saturated rings. The highest BCUT2D eigenvalue weighted by atomic mass is 32.2. The van der Waals surface area contributed by atoms with Gasteiger partial charge >= 0.3 is 0 Å². The molecule has 0 bridgehead atoms. The second-order valence-electron chi connectivity index (χ2n) is 8.81. The minimum absolute atomic E-state index is 0.0440. The van der Waals surface area contributed by atoms with Crippen molar-refractivity contribution in [3.05, 3.63) is 125 Å². The van der Waals surface area contributed by atoms with Crippen LogP contribution in [0.4, 0.5) is 0 Å². The number of aryl methyl sites for hydroxylation is 1. The van der Waals surface area contributed by atoms with Gasteiger partial charge in [0.05, 0.1) is 23.8 Å². The Morgan fingerprint density at radius 2 is 1.64 bits per heavy atom. The van der Waals surface area contributed by atoms with E-state index in [2.05, 4.69) is 58.2 Å². The average Bonchev–Trinajstić information content (AvgIpc) is 3.27. The average molecular weight is 493 g/mol. The largest absolute Gasteiger partial charge is 0.352 e. The van der Waals surface area contributed by atoms with E-state index in [4.69, 9.17) is 4.98 Å². The lowest BCUT2D eigenvalue weighted by Crippen LogP contribution is -2.25. The van der Waals surface area contributed by atoms with E-state index in [9.17, 15) is 4.79 Å². The van der Waals surface area contributed by atoms with Crippen molar-refractivity contribution in [3.63, 3.8) is 0 Å². The molecule has 0 radical (unpaired) electrons. The molecule has 5 nitrogen and oxygen atoms in total. The summed E-state index contributed by atoms with van der Waals surface area (Å²) in [6.07, 6.45) is 4.48. The van der Waals surface area contributed by atoms with E-state index in [1.54, 1.807) is 18.0 Å². The fourth-order valence-corrected chi connectivity index (χ4v) is 5.02. The molecule has 0 aliphatic carbocycles. The number of nitrogens with zero attached hydrogens (tertiary/aromatic N) is 3. The molecule has 0 aliphatic heterocycles. The number of hydrogen-bond acceptors (Lipinski definition) is 4. The quantitative estimate of drug-likeness (QED) is 0.254. The predicted molar refractivity (Wildman–Crippen MR) is 146 cm³/mol. The Bertz CT molecular complexity index is 1440. The molecule has 0 saturated carbocycles. The number of hydrogen-bond donors (Lipinski definition) is 1. The number of imidazole rings is 1. The zero-order chi connectivity index (χ0) is 24.7. The van der Waals surface area contributed by atoms with Gasteiger partial charge in [-0.05, 0) is 48.2 Å². The summed E-state index contributed by atoms with van der Waals surface area (Å²) in [7, 11) is 0. The van der Waals surface area contributed by atoms with E-state index >= 15 is 0 Å². The van der Waals surface area contributed by atoms with Crippen molar-refractivity contribution in [1.29, 1.82) is 0 Å². The minimum atomic E-state index is -0.0440. The predicted octanol–water partition coefficient (Wildman–Crippen LogP) is 6.05. The molecule has 36 heavy (non-hydrogen) atoms. The SMILES string of the molecule is Cc1ccc(Cn2c(SCc3ccc(C(=O)NCCc4ccccc4)cc3)nc3ccncc32)cc1. The lowest BCUT2D eigenvalue weighted by atomic mass is 10.1. The standard InChI is InChI=1S/C30H28N4OS/c1-22-7-9-24(10-8-22)20-34-28-19-31-17-16-27(28)33-30(34)36-21-25-11-13-26(14-12-25)29(35)32-18-15-23-5-3-2-4-6-23/h2-14,16-17,19H,15,18,20-21H2,1H3,(H,32,35). The molecule has 5 rings (SSSR count). The fourth-order valence-electron chi connectivity index (χ4n) is 4.05. The van der Waals surface area contributed by atoms with Crippen molar-refractivity contribution in [1.82, 2.24) is 19.9 Å². The van der Waals surface area contributed by atoms with Gasteiger partial charge in [0.2, 0.25) is 0 Å². The van der Waals surface area contributed by atoms with E-state index in [1.807, 2.05) is 54.7 Å². The number of carbonyl (C=O) groups is 1. The molecule has 0 atom stereocenters. The van der Waals surface area contributed by atoms with Gasteiger partial charge in [0.25, 0.3) is 5.91 Å². The fraction of sp³-hybridized carbons (Fsp3) is 0.167. The van der Waals surface area contributed by atoms with Gasteiger partial charge in [-0.15, -0.1) is 0 Å². The first-order chi connectivity index (χ1) is 17.7. The van der Waals surface area contributed by atoms with Crippen LogP contribution in [-0.4, -0.2) is 27.0 Å². The van der Waals surface area contributed by atoms with Gasteiger partial charge in [-0.1, -0.05) is 84.1 Å². The highest BCUT2D eigenvalue weighted by molar-refractivity contribution is 7.98. The van der Waals surface area contributed by atoms with E-state index in [0.717, 1.165) is 40.5 Å². The second kappa shape index (κ2) is 11.2. The summed E-state index contributed by atoms with van der Waals surface area (Å²) in [4.78, 5) is 21.7. The number of thioether (sulfide) groups is 1. The Kier molecular flexibility index (Phi) is 7.43. The molecule has 0 unspecified atom stereocenters. The third-order valence-corrected chi connectivity index (χ3v) is 7.15. The van der Waals surface area contributed by atoms with Crippen LogP contribution in [0.5, 0.6) is 0 Å². The van der Waals surface area contributed by atoms with Crippen LogP contribution in [0, 0.1) is 6.92 Å². The number of nitrogens with one attached hydrogen (secondary N) is 1. The maximum atomic E-state index is 12.5. The highest BCUT2D eigenvalue weighted by Gasteiger charge is 2.13. The first-order valence-corrected chi connectivity index (χ1v) is 13.0. The number of amides is 1. The zero-order valence-corrected chi connectivity index (χ0v) is 21.0. The van der Waals surface area contributed by atoms with Crippen molar-refractivity contribution in [2.24, 2.45) is 0 Å². The molecule has 3 aromatic carbocycles. The number of carbonyl (C=O) groups excluding carboxylic acids is 1. The van der Waals surface area contributed by atoms with Crippen LogP contribution in [0.2, 0.25) is 0 Å². The van der Waals surface area contributed by atoms with Gasteiger partial charge in [-0.2, -0.15) is 0 Å². The number of pyridine rings is 1. The van der Waals surface area contributed by atoms with Crippen LogP contribution in [0.1, 0.15) is 32.6 Å². The van der Waals surface area contributed by atoms with Crippen LogP contribution in [0.15, 0.2) is 102 Å². The van der Waals surface area contributed by atoms with E-state index in [-0.39, 0.29) is 5.91 Å². The molecule has 180 valence electrons. The summed E-state index contributed by atoms with van der Waals surface area (Å²) in [5.74, 6) is 0.720. The van der Waals surface area contributed by atoms with Crippen molar-refractivity contribution in [3.8, 4) is 0 Å². The summed E-state index contributed by atoms with van der Waals surface area (Å²) in [5, 5.41) is 3.97. The molecule has 2 aromatic heterocycles. The van der Waals surface area contributed by atoms with Crippen molar-refractivity contribution in [2.75, 3.05) is 6.54 Å². The Labute approximate surface area is 215 Å². The third-order valence-electron chi connectivity index (χ3n) is 6.10. The molecule has 1 amide bonds. The van der Waals surface area contributed by atoms with Crippen LogP contribution >= 0.6 is 11.8 Å². The van der Waals surface area contributed by atoms with Crippen molar-refractivity contribution < 1.29 is 4.79 Å². The molecule has 0 spiro atoms. The van der Waals surface area contributed by atoms with Crippen LogP contribution < -0.4 is 5.32 Å². The number of rotatable bonds is 9. The first kappa shape index (κ1) is 23.8. The summed E-state index contributed by atoms with van der Waals surface area (Å²) in [6.45, 7) is 3.46. The van der Waals surface area contributed by atoms with Gasteiger partial charge in [0.15, 0.2) is 5.16 Å². The molecular formula is C30H28N4OS. The monoisotopic (exact) mass is 492 g/mol. The lowest BCUT2D eigenvalue weighted by molar-refractivity contribution is 0.0954. The molecule has 0 saturated heterocycles. The number of benzene rings is 3. The van der Waals surface area contributed by atoms with Gasteiger partial charge in [0, 0.05) is 24.1 Å². The first-order valence-electron chi connectivity index (χ1n) is 12.1. The highest BCUT2D eigenvalue weighted by Crippen LogP contribution is 2.27. The Morgan fingerprint density at radius 1 is 0.889 bits per heavy atom. The molecule has 1 N–H and O–H groups in total. The smallest absolute Gasteiger partial charge is 0.251 e. The molecule has 0 aliphatic rings. The lowest BCUT2D eigenvalue weighted by Gasteiger charge is -2.10. The Balaban J connectivity index is 1.23. The molecular weight excluding hydrogens is 464 g/mol. The van der Waals surface area contributed by atoms with E-state index < -0.39 is 0 Å². The van der Waals surface area contributed by atoms with Crippen LogP contribution in [0.3, 0.4) is 0 Å². The van der Waals surface area contributed by atoms with Crippen molar-refractivity contribution >= 4 is 28.7 Å². The molecule has 5 aromatic rings. The van der Waals surface area contributed by atoms with E-state index in [0.29, 0.717) is 12.1 Å². The summed E-state index contributed by atoms with van der Waals surface area (Å²) >= 11 is 1.70. The van der Waals surface area contributed by atoms with Gasteiger partial charge in [0.1, 0.15) is 0 Å². The summed E-state index contributed by atoms with van der Waals surface area (Å²) in [5.41, 5.74) is 7.49. The van der Waals surface area contributed by atoms with Gasteiger partial charge < -0.3 is 9.88 Å². The molecule has 2 heterocycles. The van der Waals surface area contributed by atoms with Crippen molar-refractivity contribution in [2.45, 2.75) is 30.8 Å². The van der Waals surface area contributed by atoms with E-state index in [1.165, 1.54) is 16.7 Å². The second-order valence-corrected chi connectivity index (χ2v) is 9.75. The van der Waals surface area contributed by atoms with Gasteiger partial charge in [-0.25, -0.2) is 4.98 Å².